The van der Waals surface area contributed by atoms with Crippen LogP contribution in [-0.4, -0.2) is 34.8 Å². The number of imidazole rings is 1. The van der Waals surface area contributed by atoms with E-state index in [1.807, 2.05) is 6.92 Å². The van der Waals surface area contributed by atoms with Gasteiger partial charge in [0.05, 0.1) is 11.5 Å². The van der Waals surface area contributed by atoms with Gasteiger partial charge in [0.25, 0.3) is 10.0 Å². The second-order valence-electron chi connectivity index (χ2n) is 6.34. The van der Waals surface area contributed by atoms with E-state index in [1.165, 1.54) is 12.1 Å². The number of rotatable bonds is 8. The van der Waals surface area contributed by atoms with Crippen LogP contribution in [0.4, 0.5) is 5.69 Å². The molecule has 0 saturated carbocycles. The predicted molar refractivity (Wildman–Crippen MR) is 114 cm³/mol. The van der Waals surface area contributed by atoms with E-state index in [-0.39, 0.29) is 4.90 Å². The molecule has 0 aliphatic heterocycles. The van der Waals surface area contributed by atoms with Crippen molar-refractivity contribution >= 4 is 15.7 Å². The van der Waals surface area contributed by atoms with Gasteiger partial charge in [-0.3, -0.25) is 9.29 Å². The third-order valence-corrected chi connectivity index (χ3v) is 5.57. The minimum Gasteiger partial charge on any atom is -0.494 e. The van der Waals surface area contributed by atoms with E-state index in [2.05, 4.69) is 19.9 Å². The van der Waals surface area contributed by atoms with Gasteiger partial charge in [0.1, 0.15) is 17.8 Å². The summed E-state index contributed by atoms with van der Waals surface area (Å²) in [7, 11) is -3.72. The molecule has 0 radical (unpaired) electrons. The lowest BCUT2D eigenvalue weighted by Crippen LogP contribution is -2.12. The van der Waals surface area contributed by atoms with Gasteiger partial charge < -0.3 is 9.47 Å². The fourth-order valence-corrected chi connectivity index (χ4v) is 3.77. The highest BCUT2D eigenvalue weighted by Crippen LogP contribution is 2.24. The third kappa shape index (κ3) is 4.98. The number of ether oxygens (including phenoxy) is 2. The summed E-state index contributed by atoms with van der Waals surface area (Å²) in [5.74, 6) is 2.04. The van der Waals surface area contributed by atoms with Crippen LogP contribution in [0.1, 0.15) is 6.92 Å². The van der Waals surface area contributed by atoms with E-state index < -0.39 is 10.0 Å². The summed E-state index contributed by atoms with van der Waals surface area (Å²) in [6.07, 6.45) is 5.03. The van der Waals surface area contributed by atoms with Gasteiger partial charge in [-0.15, -0.1) is 10.2 Å². The second-order valence-corrected chi connectivity index (χ2v) is 8.02. The standard InChI is InChI=1S/C21H19N5O4S/c1-2-29-17-7-9-19(10-8-17)31(27,28)25-16-3-5-18(6-4-16)30-21-12-11-20(23-24-21)26-14-13-22-15-26/h3-15,25H,2H2,1H3. The van der Waals surface area contributed by atoms with E-state index in [9.17, 15) is 8.42 Å². The number of nitrogens with zero attached hydrogens (tertiary/aromatic N) is 4. The topological polar surface area (TPSA) is 108 Å². The molecule has 4 rings (SSSR count). The maximum Gasteiger partial charge on any atom is 0.261 e. The molecule has 0 aliphatic rings. The first-order valence-corrected chi connectivity index (χ1v) is 10.9. The zero-order valence-electron chi connectivity index (χ0n) is 16.5. The number of nitrogens with one attached hydrogen (secondary N) is 1. The van der Waals surface area contributed by atoms with Gasteiger partial charge >= 0.3 is 0 Å². The van der Waals surface area contributed by atoms with E-state index >= 15 is 0 Å². The molecule has 0 spiro atoms. The van der Waals surface area contributed by atoms with Gasteiger partial charge in [-0.1, -0.05) is 0 Å². The number of aromatic nitrogens is 4. The number of hydrogen-bond acceptors (Lipinski definition) is 7. The van der Waals surface area contributed by atoms with Crippen LogP contribution in [0.5, 0.6) is 17.4 Å². The van der Waals surface area contributed by atoms with Crippen molar-refractivity contribution in [3.05, 3.63) is 79.4 Å². The Bertz CT molecular complexity index is 1220. The Kier molecular flexibility index (Phi) is 5.80. The summed E-state index contributed by atoms with van der Waals surface area (Å²) < 4.78 is 40.4. The van der Waals surface area contributed by atoms with Gasteiger partial charge in [-0.05, 0) is 61.5 Å². The molecule has 1 N–H and O–H groups in total. The van der Waals surface area contributed by atoms with Gasteiger partial charge in [-0.25, -0.2) is 13.4 Å². The lowest BCUT2D eigenvalue weighted by molar-refractivity contribution is 0.340. The average Bonchev–Trinajstić information content (AvgIpc) is 3.31. The molecule has 4 aromatic rings. The fraction of sp³-hybridized carbons (Fsp3) is 0.0952. The third-order valence-electron chi connectivity index (χ3n) is 4.17. The largest absolute Gasteiger partial charge is 0.494 e. The quantitative estimate of drug-likeness (QED) is 0.448. The molecule has 0 amide bonds. The van der Waals surface area contributed by atoms with Crippen molar-refractivity contribution in [1.29, 1.82) is 0 Å². The Hall–Kier alpha value is -3.92. The van der Waals surface area contributed by atoms with Crippen LogP contribution in [0.2, 0.25) is 0 Å². The molecule has 0 aliphatic carbocycles. The van der Waals surface area contributed by atoms with Crippen LogP contribution in [0.25, 0.3) is 5.82 Å². The molecular formula is C21H19N5O4S. The molecule has 9 nitrogen and oxygen atoms in total. The number of anilines is 1. The molecule has 0 fully saturated rings. The van der Waals surface area contributed by atoms with Crippen LogP contribution < -0.4 is 14.2 Å². The highest BCUT2D eigenvalue weighted by atomic mass is 32.2. The van der Waals surface area contributed by atoms with Crippen molar-refractivity contribution in [2.75, 3.05) is 11.3 Å². The Morgan fingerprint density at radius 2 is 1.68 bits per heavy atom. The molecule has 10 heteroatoms. The molecular weight excluding hydrogens is 418 g/mol. The SMILES string of the molecule is CCOc1ccc(S(=O)(=O)Nc2ccc(Oc3ccc(-n4ccnc4)nn3)cc2)cc1. The van der Waals surface area contributed by atoms with Crippen LogP contribution in [0.3, 0.4) is 0 Å². The summed E-state index contributed by atoms with van der Waals surface area (Å²) in [5, 5.41) is 8.11. The predicted octanol–water partition coefficient (Wildman–Crippen LogP) is 3.65. The summed E-state index contributed by atoms with van der Waals surface area (Å²) in [5.41, 5.74) is 0.405. The molecule has 158 valence electrons. The minimum absolute atomic E-state index is 0.143. The van der Waals surface area contributed by atoms with E-state index in [1.54, 1.807) is 71.8 Å². The second kappa shape index (κ2) is 8.84. The van der Waals surface area contributed by atoms with Crippen molar-refractivity contribution in [2.24, 2.45) is 0 Å². The van der Waals surface area contributed by atoms with Gasteiger partial charge in [0.15, 0.2) is 5.82 Å². The molecule has 0 unspecified atom stereocenters. The molecule has 0 atom stereocenters. The Balaban J connectivity index is 1.40. The average molecular weight is 437 g/mol. The summed E-state index contributed by atoms with van der Waals surface area (Å²) >= 11 is 0. The van der Waals surface area contributed by atoms with Gasteiger partial charge in [0.2, 0.25) is 5.88 Å². The van der Waals surface area contributed by atoms with Crippen molar-refractivity contribution < 1.29 is 17.9 Å². The maximum atomic E-state index is 12.6. The minimum atomic E-state index is -3.72. The first-order chi connectivity index (χ1) is 15.0. The van der Waals surface area contributed by atoms with Crippen LogP contribution in [0, 0.1) is 0 Å². The van der Waals surface area contributed by atoms with Crippen molar-refractivity contribution in [3.63, 3.8) is 0 Å². The van der Waals surface area contributed by atoms with Gasteiger partial charge in [0, 0.05) is 24.1 Å². The zero-order chi connectivity index (χ0) is 21.7. The molecule has 31 heavy (non-hydrogen) atoms. The number of sulfonamides is 1. The lowest BCUT2D eigenvalue weighted by Gasteiger charge is -2.10. The van der Waals surface area contributed by atoms with Crippen molar-refractivity contribution in [1.82, 2.24) is 19.7 Å². The fourth-order valence-electron chi connectivity index (χ4n) is 2.71. The maximum absolute atomic E-state index is 12.6. The number of benzene rings is 2. The normalized spacial score (nSPS) is 11.1. The zero-order valence-corrected chi connectivity index (χ0v) is 17.4. The summed E-state index contributed by atoms with van der Waals surface area (Å²) in [4.78, 5) is 4.11. The first-order valence-electron chi connectivity index (χ1n) is 9.39. The monoisotopic (exact) mass is 437 g/mol. The molecule has 2 aromatic heterocycles. The van der Waals surface area contributed by atoms with Crippen LogP contribution >= 0.6 is 0 Å². The lowest BCUT2D eigenvalue weighted by atomic mass is 10.3. The summed E-state index contributed by atoms with van der Waals surface area (Å²) in [6.45, 7) is 2.38. The Labute approximate surface area is 179 Å². The van der Waals surface area contributed by atoms with Crippen molar-refractivity contribution in [2.45, 2.75) is 11.8 Å². The van der Waals surface area contributed by atoms with E-state index in [0.717, 1.165) is 0 Å². The summed E-state index contributed by atoms with van der Waals surface area (Å²) in [6, 6.07) is 16.2. The molecule has 0 bridgehead atoms. The highest BCUT2D eigenvalue weighted by Gasteiger charge is 2.14. The molecule has 2 aromatic carbocycles. The van der Waals surface area contributed by atoms with E-state index in [0.29, 0.717) is 35.5 Å². The smallest absolute Gasteiger partial charge is 0.261 e. The Morgan fingerprint density at radius 1 is 0.935 bits per heavy atom. The Morgan fingerprint density at radius 3 is 2.29 bits per heavy atom. The van der Waals surface area contributed by atoms with Gasteiger partial charge in [-0.2, -0.15) is 0 Å². The van der Waals surface area contributed by atoms with Crippen LogP contribution in [0.15, 0.2) is 84.3 Å². The molecule has 0 saturated heterocycles. The number of hydrogen-bond donors (Lipinski definition) is 1. The van der Waals surface area contributed by atoms with E-state index in [4.69, 9.17) is 9.47 Å². The van der Waals surface area contributed by atoms with Crippen LogP contribution in [-0.2, 0) is 10.0 Å². The highest BCUT2D eigenvalue weighted by molar-refractivity contribution is 7.92. The molecule has 2 heterocycles. The first kappa shape index (κ1) is 20.4. The van der Waals surface area contributed by atoms with Crippen molar-refractivity contribution in [3.8, 4) is 23.2 Å².